The van der Waals surface area contributed by atoms with Crippen LogP contribution in [0.5, 0.6) is 0 Å². The first kappa shape index (κ1) is 16.5. The summed E-state index contributed by atoms with van der Waals surface area (Å²) in [6.45, 7) is 3.20. The Kier molecular flexibility index (Phi) is 5.95. The van der Waals surface area contributed by atoms with E-state index in [0.717, 1.165) is 30.5 Å². The van der Waals surface area contributed by atoms with Crippen LogP contribution >= 0.6 is 0 Å². The zero-order chi connectivity index (χ0) is 15.9. The fourth-order valence-electron chi connectivity index (χ4n) is 2.78. The van der Waals surface area contributed by atoms with Gasteiger partial charge in [-0.25, -0.2) is 0 Å². The number of amides is 1. The van der Waals surface area contributed by atoms with Crippen LogP contribution in [0.3, 0.4) is 0 Å². The van der Waals surface area contributed by atoms with E-state index in [2.05, 4.69) is 16.7 Å². The predicted octanol–water partition coefficient (Wildman–Crippen LogP) is 1.19. The first-order chi connectivity index (χ1) is 10.6. The smallest absolute Gasteiger partial charge is 0.310 e. The maximum atomic E-state index is 12.0. The predicted molar refractivity (Wildman–Crippen MR) is 84.4 cm³/mol. The molecule has 0 aromatic heterocycles. The largest absolute Gasteiger partial charge is 0.469 e. The first-order valence-electron chi connectivity index (χ1n) is 7.74. The Bertz CT molecular complexity index is 524. The van der Waals surface area contributed by atoms with Gasteiger partial charge in [0.25, 0.3) is 0 Å². The molecule has 0 bridgehead atoms. The molecule has 5 heteroatoms. The lowest BCUT2D eigenvalue weighted by molar-refractivity contribution is -0.145. The van der Waals surface area contributed by atoms with Crippen LogP contribution in [-0.4, -0.2) is 38.1 Å². The van der Waals surface area contributed by atoms with E-state index in [0.29, 0.717) is 13.0 Å². The summed E-state index contributed by atoms with van der Waals surface area (Å²) in [5, 5.41) is 6.02. The Labute approximate surface area is 131 Å². The highest BCUT2D eigenvalue weighted by atomic mass is 16.5. The second-order valence-corrected chi connectivity index (χ2v) is 5.81. The number of hydrogen-bond acceptors (Lipinski definition) is 4. The zero-order valence-corrected chi connectivity index (χ0v) is 13.2. The number of hydrogen-bond donors (Lipinski definition) is 2. The number of rotatable bonds is 6. The summed E-state index contributed by atoms with van der Waals surface area (Å²) in [5.41, 5.74) is 2.23. The molecule has 1 heterocycles. The van der Waals surface area contributed by atoms with Crippen molar-refractivity contribution in [1.29, 1.82) is 0 Å². The van der Waals surface area contributed by atoms with Crippen LogP contribution in [-0.2, 0) is 20.7 Å². The van der Waals surface area contributed by atoms with Crippen molar-refractivity contribution in [2.24, 2.45) is 5.92 Å². The van der Waals surface area contributed by atoms with Crippen molar-refractivity contribution in [3.63, 3.8) is 0 Å². The molecule has 22 heavy (non-hydrogen) atoms. The molecule has 0 saturated carbocycles. The minimum atomic E-state index is -0.364. The van der Waals surface area contributed by atoms with Crippen molar-refractivity contribution in [2.45, 2.75) is 32.2 Å². The van der Waals surface area contributed by atoms with Crippen molar-refractivity contribution >= 4 is 11.9 Å². The van der Waals surface area contributed by atoms with Crippen LogP contribution in [0, 0.1) is 12.8 Å². The highest BCUT2D eigenvalue weighted by Gasteiger charge is 2.25. The molecule has 1 aliphatic rings. The summed E-state index contributed by atoms with van der Waals surface area (Å²) in [6.07, 6.45) is 2.43. The first-order valence-corrected chi connectivity index (χ1v) is 7.74. The van der Waals surface area contributed by atoms with Gasteiger partial charge in [0.15, 0.2) is 0 Å². The van der Waals surface area contributed by atoms with E-state index in [1.165, 1.54) is 7.11 Å². The lowest BCUT2D eigenvalue weighted by atomic mass is 9.98. The van der Waals surface area contributed by atoms with Gasteiger partial charge in [0, 0.05) is 6.54 Å². The number of ether oxygens (including phenoxy) is 1. The second-order valence-electron chi connectivity index (χ2n) is 5.81. The van der Waals surface area contributed by atoms with Crippen LogP contribution in [0.2, 0.25) is 0 Å². The summed E-state index contributed by atoms with van der Waals surface area (Å²) < 4.78 is 4.87. The molecule has 2 rings (SSSR count). The van der Waals surface area contributed by atoms with Gasteiger partial charge in [0.05, 0.1) is 19.1 Å². The number of esters is 1. The van der Waals surface area contributed by atoms with Gasteiger partial charge in [-0.2, -0.15) is 0 Å². The molecule has 1 amide bonds. The summed E-state index contributed by atoms with van der Waals surface area (Å²) in [7, 11) is 1.38. The van der Waals surface area contributed by atoms with Gasteiger partial charge >= 0.3 is 5.97 Å². The van der Waals surface area contributed by atoms with Gasteiger partial charge < -0.3 is 15.4 Å². The summed E-state index contributed by atoms with van der Waals surface area (Å²) >= 11 is 0. The summed E-state index contributed by atoms with van der Waals surface area (Å²) in [5.74, 6) is -0.686. The highest BCUT2D eigenvalue weighted by molar-refractivity contribution is 5.82. The maximum absolute atomic E-state index is 12.0. The maximum Gasteiger partial charge on any atom is 0.310 e. The molecule has 1 aromatic rings. The molecular formula is C17H24N2O3. The van der Waals surface area contributed by atoms with E-state index in [-0.39, 0.29) is 23.8 Å². The van der Waals surface area contributed by atoms with E-state index < -0.39 is 0 Å². The number of carbonyl (C=O) groups excluding carboxylic acids is 2. The zero-order valence-electron chi connectivity index (χ0n) is 13.2. The molecule has 1 saturated heterocycles. The van der Waals surface area contributed by atoms with E-state index in [1.54, 1.807) is 0 Å². The standard InChI is InChI=1S/C17H24N2O3/c1-12-5-3-6-13(9-12)10-14(17(21)22-2)11-19-16(20)15-7-4-8-18-15/h3,5-6,9,14-15,18H,4,7-8,10-11H2,1-2H3,(H,19,20). The molecule has 120 valence electrons. The van der Waals surface area contributed by atoms with Crippen LogP contribution in [0.1, 0.15) is 24.0 Å². The minimum Gasteiger partial charge on any atom is -0.469 e. The minimum absolute atomic E-state index is 0.0318. The molecular weight excluding hydrogens is 280 g/mol. The molecule has 0 aliphatic carbocycles. The number of nitrogens with one attached hydrogen (secondary N) is 2. The highest BCUT2D eigenvalue weighted by Crippen LogP contribution is 2.12. The van der Waals surface area contributed by atoms with Crippen molar-refractivity contribution in [3.05, 3.63) is 35.4 Å². The van der Waals surface area contributed by atoms with Crippen LogP contribution in [0.4, 0.5) is 0 Å². The van der Waals surface area contributed by atoms with Crippen molar-refractivity contribution in [1.82, 2.24) is 10.6 Å². The molecule has 1 aliphatic heterocycles. The number of carbonyl (C=O) groups is 2. The summed E-state index contributed by atoms with van der Waals surface area (Å²) in [6, 6.07) is 7.90. The quantitative estimate of drug-likeness (QED) is 0.775. The normalized spacial score (nSPS) is 18.7. The fraction of sp³-hybridized carbons (Fsp3) is 0.529. The van der Waals surface area contributed by atoms with Crippen LogP contribution < -0.4 is 10.6 Å². The van der Waals surface area contributed by atoms with Gasteiger partial charge in [-0.1, -0.05) is 29.8 Å². The number of methoxy groups -OCH3 is 1. The Balaban J connectivity index is 1.94. The molecule has 1 aromatic carbocycles. The number of aryl methyl sites for hydroxylation is 1. The SMILES string of the molecule is COC(=O)C(CNC(=O)C1CCCN1)Cc1cccc(C)c1. The number of benzene rings is 1. The van der Waals surface area contributed by atoms with Gasteiger partial charge in [-0.3, -0.25) is 9.59 Å². The molecule has 2 N–H and O–H groups in total. The average Bonchev–Trinajstić information content (AvgIpc) is 3.04. The van der Waals surface area contributed by atoms with Gasteiger partial charge in [-0.15, -0.1) is 0 Å². The Hall–Kier alpha value is -1.88. The van der Waals surface area contributed by atoms with E-state index in [4.69, 9.17) is 4.74 Å². The molecule has 2 unspecified atom stereocenters. The van der Waals surface area contributed by atoms with Gasteiger partial charge in [-0.05, 0) is 38.3 Å². The van der Waals surface area contributed by atoms with Crippen LogP contribution in [0.25, 0.3) is 0 Å². The van der Waals surface area contributed by atoms with Gasteiger partial charge in [0.2, 0.25) is 5.91 Å². The Morgan fingerprint density at radius 2 is 2.27 bits per heavy atom. The van der Waals surface area contributed by atoms with Crippen molar-refractivity contribution in [2.75, 3.05) is 20.2 Å². The molecule has 0 radical (unpaired) electrons. The lowest BCUT2D eigenvalue weighted by Gasteiger charge is -2.17. The third-order valence-corrected chi connectivity index (χ3v) is 4.00. The Morgan fingerprint density at radius 1 is 1.45 bits per heavy atom. The summed E-state index contributed by atoms with van der Waals surface area (Å²) in [4.78, 5) is 24.0. The Morgan fingerprint density at radius 3 is 2.91 bits per heavy atom. The second kappa shape index (κ2) is 7.94. The lowest BCUT2D eigenvalue weighted by Crippen LogP contribution is -2.43. The van der Waals surface area contributed by atoms with E-state index in [9.17, 15) is 9.59 Å². The monoisotopic (exact) mass is 304 g/mol. The third-order valence-electron chi connectivity index (χ3n) is 4.00. The van der Waals surface area contributed by atoms with Crippen LogP contribution in [0.15, 0.2) is 24.3 Å². The van der Waals surface area contributed by atoms with E-state index >= 15 is 0 Å². The molecule has 2 atom stereocenters. The molecule has 0 spiro atoms. The fourth-order valence-corrected chi connectivity index (χ4v) is 2.78. The molecule has 1 fully saturated rings. The topological polar surface area (TPSA) is 67.4 Å². The third kappa shape index (κ3) is 4.56. The van der Waals surface area contributed by atoms with Crippen molar-refractivity contribution < 1.29 is 14.3 Å². The molecule has 5 nitrogen and oxygen atoms in total. The van der Waals surface area contributed by atoms with Crippen molar-refractivity contribution in [3.8, 4) is 0 Å². The average molecular weight is 304 g/mol. The van der Waals surface area contributed by atoms with E-state index in [1.807, 2.05) is 25.1 Å². The van der Waals surface area contributed by atoms with Gasteiger partial charge in [0.1, 0.15) is 0 Å².